The van der Waals surface area contributed by atoms with Crippen LogP contribution in [0.4, 0.5) is 0 Å². The molecular formula is C16H11Cl2N3O2. The van der Waals surface area contributed by atoms with Gasteiger partial charge in [-0.2, -0.15) is 4.98 Å². The first kappa shape index (κ1) is 15.5. The third-order valence-electron chi connectivity index (χ3n) is 3.07. The Bertz CT molecular complexity index is 849. The fourth-order valence-corrected chi connectivity index (χ4v) is 2.38. The van der Waals surface area contributed by atoms with Crippen molar-refractivity contribution in [3.63, 3.8) is 0 Å². The van der Waals surface area contributed by atoms with E-state index in [0.717, 1.165) is 0 Å². The Morgan fingerprint density at radius 3 is 2.74 bits per heavy atom. The summed E-state index contributed by atoms with van der Waals surface area (Å²) in [6.45, 7) is 0.133. The lowest BCUT2D eigenvalue weighted by Crippen LogP contribution is -2.23. The lowest BCUT2D eigenvalue weighted by Gasteiger charge is -2.03. The van der Waals surface area contributed by atoms with Crippen LogP contribution in [0.3, 0.4) is 0 Å². The SMILES string of the molecule is O=C(NCc1noc(-c2cccc(Cl)c2)n1)c1ccccc1Cl. The van der Waals surface area contributed by atoms with Crippen LogP contribution in [-0.4, -0.2) is 16.0 Å². The number of nitrogens with zero attached hydrogens (tertiary/aromatic N) is 2. The van der Waals surface area contributed by atoms with E-state index in [9.17, 15) is 4.79 Å². The average Bonchev–Trinajstić information content (AvgIpc) is 3.02. The lowest BCUT2D eigenvalue weighted by atomic mass is 10.2. The number of aromatic nitrogens is 2. The second kappa shape index (κ2) is 6.81. The van der Waals surface area contributed by atoms with Crippen molar-refractivity contribution in [3.05, 3.63) is 70.0 Å². The molecule has 3 rings (SSSR count). The molecule has 0 saturated heterocycles. The Morgan fingerprint density at radius 2 is 1.96 bits per heavy atom. The van der Waals surface area contributed by atoms with Crippen molar-refractivity contribution in [2.75, 3.05) is 0 Å². The molecular weight excluding hydrogens is 337 g/mol. The van der Waals surface area contributed by atoms with Crippen molar-refractivity contribution >= 4 is 29.1 Å². The summed E-state index contributed by atoms with van der Waals surface area (Å²) in [5, 5.41) is 7.50. The fourth-order valence-electron chi connectivity index (χ4n) is 1.96. The molecule has 0 atom stereocenters. The van der Waals surface area contributed by atoms with E-state index in [1.54, 1.807) is 42.5 Å². The monoisotopic (exact) mass is 347 g/mol. The van der Waals surface area contributed by atoms with Gasteiger partial charge in [-0.25, -0.2) is 0 Å². The molecule has 1 N–H and O–H groups in total. The quantitative estimate of drug-likeness (QED) is 0.775. The molecule has 0 aliphatic carbocycles. The van der Waals surface area contributed by atoms with E-state index < -0.39 is 0 Å². The Hall–Kier alpha value is -2.37. The van der Waals surface area contributed by atoms with Crippen molar-refractivity contribution < 1.29 is 9.32 Å². The van der Waals surface area contributed by atoms with Gasteiger partial charge in [0.15, 0.2) is 5.82 Å². The molecule has 2 aromatic carbocycles. The normalized spacial score (nSPS) is 10.5. The van der Waals surface area contributed by atoms with Crippen LogP contribution < -0.4 is 5.32 Å². The lowest BCUT2D eigenvalue weighted by molar-refractivity contribution is 0.0950. The van der Waals surface area contributed by atoms with Gasteiger partial charge >= 0.3 is 0 Å². The maximum absolute atomic E-state index is 12.1. The van der Waals surface area contributed by atoms with Crippen molar-refractivity contribution in [1.82, 2.24) is 15.5 Å². The minimum atomic E-state index is -0.301. The van der Waals surface area contributed by atoms with Crippen LogP contribution in [0, 0.1) is 0 Å². The minimum Gasteiger partial charge on any atom is -0.345 e. The van der Waals surface area contributed by atoms with Gasteiger partial charge in [-0.05, 0) is 30.3 Å². The van der Waals surface area contributed by atoms with Gasteiger partial charge in [-0.15, -0.1) is 0 Å². The number of halogens is 2. The van der Waals surface area contributed by atoms with Gasteiger partial charge in [0, 0.05) is 10.6 Å². The van der Waals surface area contributed by atoms with Gasteiger partial charge in [0.25, 0.3) is 11.8 Å². The third-order valence-corrected chi connectivity index (χ3v) is 3.63. The highest BCUT2D eigenvalue weighted by molar-refractivity contribution is 6.33. The molecule has 0 bridgehead atoms. The van der Waals surface area contributed by atoms with Crippen molar-refractivity contribution in [2.24, 2.45) is 0 Å². The second-order valence-electron chi connectivity index (χ2n) is 4.69. The van der Waals surface area contributed by atoms with Gasteiger partial charge in [0.2, 0.25) is 0 Å². The molecule has 0 saturated carbocycles. The molecule has 3 aromatic rings. The van der Waals surface area contributed by atoms with E-state index >= 15 is 0 Å². The molecule has 5 nitrogen and oxygen atoms in total. The largest absolute Gasteiger partial charge is 0.345 e. The molecule has 1 heterocycles. The van der Waals surface area contributed by atoms with E-state index in [1.165, 1.54) is 0 Å². The van der Waals surface area contributed by atoms with Crippen LogP contribution in [0.5, 0.6) is 0 Å². The number of carbonyl (C=O) groups is 1. The summed E-state index contributed by atoms with van der Waals surface area (Å²) in [6.07, 6.45) is 0. The van der Waals surface area contributed by atoms with E-state index in [0.29, 0.717) is 32.9 Å². The predicted octanol–water partition coefficient (Wildman–Crippen LogP) is 3.97. The maximum Gasteiger partial charge on any atom is 0.258 e. The predicted molar refractivity (Wildman–Crippen MR) is 87.4 cm³/mol. The van der Waals surface area contributed by atoms with Crippen LogP contribution in [-0.2, 0) is 6.54 Å². The van der Waals surface area contributed by atoms with Crippen LogP contribution in [0.2, 0.25) is 10.0 Å². The molecule has 0 fully saturated rings. The van der Waals surface area contributed by atoms with Crippen LogP contribution in [0.15, 0.2) is 53.1 Å². The van der Waals surface area contributed by atoms with Crippen molar-refractivity contribution in [2.45, 2.75) is 6.54 Å². The van der Waals surface area contributed by atoms with Crippen LogP contribution in [0.25, 0.3) is 11.5 Å². The summed E-state index contributed by atoms with van der Waals surface area (Å²) in [5.41, 5.74) is 1.11. The molecule has 0 aliphatic heterocycles. The van der Waals surface area contributed by atoms with Crippen LogP contribution >= 0.6 is 23.2 Å². The standard InChI is InChI=1S/C16H11Cl2N3O2/c17-11-5-3-4-10(8-11)16-20-14(21-23-16)9-19-15(22)12-6-1-2-7-13(12)18/h1-8H,9H2,(H,19,22). The number of carbonyl (C=O) groups excluding carboxylic acids is 1. The highest BCUT2D eigenvalue weighted by Crippen LogP contribution is 2.21. The van der Waals surface area contributed by atoms with Crippen molar-refractivity contribution in [3.8, 4) is 11.5 Å². The summed E-state index contributed by atoms with van der Waals surface area (Å²) >= 11 is 11.9. The van der Waals surface area contributed by atoms with Gasteiger partial charge in [0.1, 0.15) is 0 Å². The topological polar surface area (TPSA) is 68.0 Å². The smallest absolute Gasteiger partial charge is 0.258 e. The van der Waals surface area contributed by atoms with E-state index in [2.05, 4.69) is 15.5 Å². The number of nitrogens with one attached hydrogen (secondary N) is 1. The Balaban J connectivity index is 1.68. The summed E-state index contributed by atoms with van der Waals surface area (Å²) in [4.78, 5) is 16.3. The average molecular weight is 348 g/mol. The van der Waals surface area contributed by atoms with E-state index in [1.807, 2.05) is 6.07 Å². The summed E-state index contributed by atoms with van der Waals surface area (Å²) in [5.74, 6) is 0.402. The number of benzene rings is 2. The fraction of sp³-hybridized carbons (Fsp3) is 0.0625. The highest BCUT2D eigenvalue weighted by atomic mass is 35.5. The molecule has 0 radical (unpaired) electrons. The number of hydrogen-bond donors (Lipinski definition) is 1. The Kier molecular flexibility index (Phi) is 4.60. The summed E-state index contributed by atoms with van der Waals surface area (Å²) in [7, 11) is 0. The maximum atomic E-state index is 12.1. The Morgan fingerprint density at radius 1 is 1.13 bits per heavy atom. The molecule has 7 heteroatoms. The summed E-state index contributed by atoms with van der Waals surface area (Å²) in [6, 6.07) is 13.9. The van der Waals surface area contributed by atoms with E-state index in [4.69, 9.17) is 27.7 Å². The van der Waals surface area contributed by atoms with Gasteiger partial charge in [-0.3, -0.25) is 4.79 Å². The molecule has 0 unspecified atom stereocenters. The zero-order valence-corrected chi connectivity index (χ0v) is 13.3. The minimum absolute atomic E-state index is 0.133. The Labute approximate surface area is 142 Å². The molecule has 116 valence electrons. The molecule has 23 heavy (non-hydrogen) atoms. The molecule has 0 spiro atoms. The first-order chi connectivity index (χ1) is 11.1. The number of amides is 1. The van der Waals surface area contributed by atoms with Crippen LogP contribution in [0.1, 0.15) is 16.2 Å². The first-order valence-corrected chi connectivity index (χ1v) is 7.50. The summed E-state index contributed by atoms with van der Waals surface area (Å²) < 4.78 is 5.17. The zero-order chi connectivity index (χ0) is 16.2. The first-order valence-electron chi connectivity index (χ1n) is 6.75. The van der Waals surface area contributed by atoms with E-state index in [-0.39, 0.29) is 12.5 Å². The van der Waals surface area contributed by atoms with Gasteiger partial charge < -0.3 is 9.84 Å². The third kappa shape index (κ3) is 3.70. The highest BCUT2D eigenvalue weighted by Gasteiger charge is 2.12. The molecule has 0 aliphatic rings. The van der Waals surface area contributed by atoms with Gasteiger partial charge in [-0.1, -0.05) is 46.6 Å². The second-order valence-corrected chi connectivity index (χ2v) is 5.53. The number of rotatable bonds is 4. The van der Waals surface area contributed by atoms with Gasteiger partial charge in [0.05, 0.1) is 17.1 Å². The molecule has 1 amide bonds. The molecule has 1 aromatic heterocycles. The zero-order valence-electron chi connectivity index (χ0n) is 11.8. The van der Waals surface area contributed by atoms with Crippen molar-refractivity contribution in [1.29, 1.82) is 0 Å². The number of hydrogen-bond acceptors (Lipinski definition) is 4.